The van der Waals surface area contributed by atoms with Gasteiger partial charge in [-0.3, -0.25) is 9.59 Å². The summed E-state index contributed by atoms with van der Waals surface area (Å²) in [5, 5.41) is 2.87. The molecule has 0 bridgehead atoms. The van der Waals surface area contributed by atoms with Crippen LogP contribution in [0.25, 0.3) is 0 Å². The Morgan fingerprint density at radius 2 is 2.09 bits per heavy atom. The van der Waals surface area contributed by atoms with E-state index < -0.39 is 0 Å². The summed E-state index contributed by atoms with van der Waals surface area (Å²) in [4.78, 5) is 35.1. The molecule has 1 fully saturated rings. The van der Waals surface area contributed by atoms with Crippen LogP contribution in [0.15, 0.2) is 12.3 Å². The Morgan fingerprint density at radius 3 is 2.73 bits per heavy atom. The van der Waals surface area contributed by atoms with E-state index in [-0.39, 0.29) is 5.91 Å². The molecule has 1 saturated heterocycles. The van der Waals surface area contributed by atoms with Gasteiger partial charge in [0.05, 0.1) is 0 Å². The van der Waals surface area contributed by atoms with Crippen molar-refractivity contribution in [2.24, 2.45) is 5.92 Å². The molecule has 1 aromatic rings. The number of anilines is 1. The summed E-state index contributed by atoms with van der Waals surface area (Å²) in [6.45, 7) is 7.54. The van der Waals surface area contributed by atoms with Gasteiger partial charge in [-0.15, -0.1) is 0 Å². The number of nitrogens with zero attached hydrogens (tertiary/aromatic N) is 4. The zero-order valence-corrected chi connectivity index (χ0v) is 13.2. The minimum absolute atomic E-state index is 0.171. The molecule has 7 nitrogen and oxygen atoms in total. The highest BCUT2D eigenvalue weighted by Gasteiger charge is 2.19. The lowest BCUT2D eigenvalue weighted by atomic mass is 10.1. The molecule has 0 atom stereocenters. The summed E-state index contributed by atoms with van der Waals surface area (Å²) in [7, 11) is 0. The number of carbonyl (C=O) groups is 2. The van der Waals surface area contributed by atoms with E-state index in [1.54, 1.807) is 17.2 Å². The maximum Gasteiger partial charge on any atom is 0.270 e. The summed E-state index contributed by atoms with van der Waals surface area (Å²) in [6, 6.07) is 1.62. The minimum Gasteiger partial charge on any atom is -0.351 e. The number of hydrogen-bond acceptors (Lipinski definition) is 5. The molecule has 0 radical (unpaired) electrons. The van der Waals surface area contributed by atoms with E-state index in [0.29, 0.717) is 50.3 Å². The largest absolute Gasteiger partial charge is 0.351 e. The Morgan fingerprint density at radius 1 is 1.36 bits per heavy atom. The van der Waals surface area contributed by atoms with Gasteiger partial charge in [0, 0.05) is 38.9 Å². The molecule has 1 aliphatic heterocycles. The number of rotatable bonds is 6. The van der Waals surface area contributed by atoms with Crippen LogP contribution >= 0.6 is 0 Å². The number of carbonyl (C=O) groups excluding carboxylic acids is 2. The molecule has 22 heavy (non-hydrogen) atoms. The molecule has 0 saturated carbocycles. The van der Waals surface area contributed by atoms with E-state index in [2.05, 4.69) is 29.1 Å². The lowest BCUT2D eigenvalue weighted by molar-refractivity contribution is -0.118. The molecule has 0 aromatic carbocycles. The predicted octanol–water partition coefficient (Wildman–Crippen LogP) is 0.531. The van der Waals surface area contributed by atoms with Gasteiger partial charge in [-0.2, -0.15) is 0 Å². The molecular formula is C15H23N5O2. The lowest BCUT2D eigenvalue weighted by Crippen LogP contribution is -2.46. The summed E-state index contributed by atoms with van der Waals surface area (Å²) in [5.74, 6) is 0.924. The van der Waals surface area contributed by atoms with Crippen LogP contribution in [0.3, 0.4) is 0 Å². The maximum atomic E-state index is 12.1. The van der Waals surface area contributed by atoms with Gasteiger partial charge in [0.25, 0.3) is 5.91 Å². The molecular weight excluding hydrogens is 282 g/mol. The number of nitrogens with one attached hydrogen (secondary N) is 1. The van der Waals surface area contributed by atoms with E-state index in [0.717, 1.165) is 12.8 Å². The second-order valence-electron chi connectivity index (χ2n) is 5.81. The summed E-state index contributed by atoms with van der Waals surface area (Å²) < 4.78 is 0. The van der Waals surface area contributed by atoms with Crippen LogP contribution in [0, 0.1) is 5.92 Å². The average molecular weight is 305 g/mol. The summed E-state index contributed by atoms with van der Waals surface area (Å²) in [5.41, 5.74) is 0.381. The smallest absolute Gasteiger partial charge is 0.270 e. The van der Waals surface area contributed by atoms with Crippen LogP contribution < -0.4 is 10.2 Å². The zero-order chi connectivity index (χ0) is 15.9. The molecule has 1 N–H and O–H groups in total. The van der Waals surface area contributed by atoms with E-state index in [1.165, 1.54) is 0 Å². The van der Waals surface area contributed by atoms with Crippen LogP contribution in [0.1, 0.15) is 30.8 Å². The van der Waals surface area contributed by atoms with Gasteiger partial charge in [-0.25, -0.2) is 9.97 Å². The van der Waals surface area contributed by atoms with Crippen molar-refractivity contribution >= 4 is 18.3 Å². The fraction of sp³-hybridized carbons (Fsp3) is 0.600. The third-order valence-corrected chi connectivity index (χ3v) is 3.63. The van der Waals surface area contributed by atoms with Gasteiger partial charge in [-0.1, -0.05) is 13.8 Å². The minimum atomic E-state index is -0.171. The van der Waals surface area contributed by atoms with Crippen LogP contribution in [0.2, 0.25) is 0 Å². The van der Waals surface area contributed by atoms with Crippen LogP contribution in [-0.2, 0) is 4.79 Å². The van der Waals surface area contributed by atoms with Crippen molar-refractivity contribution in [2.75, 3.05) is 37.6 Å². The molecule has 7 heteroatoms. The number of aromatic nitrogens is 2. The van der Waals surface area contributed by atoms with Crippen molar-refractivity contribution in [2.45, 2.75) is 20.3 Å². The normalized spacial score (nSPS) is 15.0. The van der Waals surface area contributed by atoms with E-state index in [9.17, 15) is 9.59 Å². The van der Waals surface area contributed by atoms with Gasteiger partial charge in [0.2, 0.25) is 12.4 Å². The van der Waals surface area contributed by atoms with Gasteiger partial charge < -0.3 is 15.1 Å². The molecule has 0 spiro atoms. The SMILES string of the molecule is CC(C)CCNC(=O)c1ccnc(N2CCN(C=O)CC2)n1. The first-order chi connectivity index (χ1) is 10.6. The van der Waals surface area contributed by atoms with Crippen molar-refractivity contribution in [3.8, 4) is 0 Å². The standard InChI is InChI=1S/C15H23N5O2/c1-12(2)3-5-16-14(22)13-4-6-17-15(18-13)20-9-7-19(11-21)8-10-20/h4,6,11-12H,3,5,7-10H2,1-2H3,(H,16,22). The first-order valence-corrected chi connectivity index (χ1v) is 7.65. The Balaban J connectivity index is 1.95. The molecule has 1 aliphatic rings. The lowest BCUT2D eigenvalue weighted by Gasteiger charge is -2.32. The quantitative estimate of drug-likeness (QED) is 0.776. The Labute approximate surface area is 130 Å². The number of piperazine rings is 1. The van der Waals surface area contributed by atoms with E-state index in [1.807, 2.05) is 4.90 Å². The van der Waals surface area contributed by atoms with E-state index >= 15 is 0 Å². The Kier molecular flexibility index (Phi) is 5.68. The molecule has 1 aromatic heterocycles. The van der Waals surface area contributed by atoms with Gasteiger partial charge in [0.15, 0.2) is 0 Å². The van der Waals surface area contributed by atoms with Crippen molar-refractivity contribution in [3.63, 3.8) is 0 Å². The topological polar surface area (TPSA) is 78.4 Å². The Hall–Kier alpha value is -2.18. The Bertz CT molecular complexity index is 512. The molecule has 2 rings (SSSR count). The van der Waals surface area contributed by atoms with Crippen LogP contribution in [-0.4, -0.2) is 59.9 Å². The second kappa shape index (κ2) is 7.72. The first kappa shape index (κ1) is 16.2. The molecule has 2 heterocycles. The van der Waals surface area contributed by atoms with Crippen molar-refractivity contribution in [1.29, 1.82) is 0 Å². The predicted molar refractivity (Wildman–Crippen MR) is 83.7 cm³/mol. The highest BCUT2D eigenvalue weighted by Crippen LogP contribution is 2.10. The summed E-state index contributed by atoms with van der Waals surface area (Å²) in [6.07, 6.45) is 3.40. The monoisotopic (exact) mass is 305 g/mol. The molecule has 0 unspecified atom stereocenters. The highest BCUT2D eigenvalue weighted by molar-refractivity contribution is 5.92. The van der Waals surface area contributed by atoms with Crippen molar-refractivity contribution in [3.05, 3.63) is 18.0 Å². The molecule has 0 aliphatic carbocycles. The van der Waals surface area contributed by atoms with Gasteiger partial charge >= 0.3 is 0 Å². The third kappa shape index (κ3) is 4.41. The highest BCUT2D eigenvalue weighted by atomic mass is 16.2. The first-order valence-electron chi connectivity index (χ1n) is 7.65. The van der Waals surface area contributed by atoms with Crippen molar-refractivity contribution in [1.82, 2.24) is 20.2 Å². The van der Waals surface area contributed by atoms with E-state index in [4.69, 9.17) is 0 Å². The fourth-order valence-corrected chi connectivity index (χ4v) is 2.22. The average Bonchev–Trinajstić information content (AvgIpc) is 2.54. The van der Waals surface area contributed by atoms with Crippen molar-refractivity contribution < 1.29 is 9.59 Å². The fourth-order valence-electron chi connectivity index (χ4n) is 2.22. The van der Waals surface area contributed by atoms with Crippen LogP contribution in [0.5, 0.6) is 0 Å². The number of hydrogen-bond donors (Lipinski definition) is 1. The maximum absolute atomic E-state index is 12.1. The summed E-state index contributed by atoms with van der Waals surface area (Å²) >= 11 is 0. The van der Waals surface area contributed by atoms with Gasteiger partial charge in [0.1, 0.15) is 5.69 Å². The zero-order valence-electron chi connectivity index (χ0n) is 13.2. The van der Waals surface area contributed by atoms with Gasteiger partial charge in [-0.05, 0) is 18.4 Å². The second-order valence-corrected chi connectivity index (χ2v) is 5.81. The molecule has 120 valence electrons. The molecule has 2 amide bonds. The number of amides is 2. The van der Waals surface area contributed by atoms with Crippen LogP contribution in [0.4, 0.5) is 5.95 Å². The third-order valence-electron chi connectivity index (χ3n) is 3.63.